The van der Waals surface area contributed by atoms with Crippen molar-refractivity contribution in [3.63, 3.8) is 0 Å². The van der Waals surface area contributed by atoms with E-state index in [2.05, 4.69) is 27.5 Å². The molecule has 4 aliphatic rings. The molecular formula is C27H35N5O3S. The first-order chi connectivity index (χ1) is 17.4. The second kappa shape index (κ2) is 9.41. The van der Waals surface area contributed by atoms with Crippen molar-refractivity contribution in [1.82, 2.24) is 20.2 Å². The van der Waals surface area contributed by atoms with Crippen molar-refractivity contribution in [1.29, 1.82) is 0 Å². The van der Waals surface area contributed by atoms with Crippen molar-refractivity contribution in [2.75, 3.05) is 5.32 Å². The zero-order valence-corrected chi connectivity index (χ0v) is 21.8. The number of thiazole rings is 1. The lowest BCUT2D eigenvalue weighted by Crippen LogP contribution is -2.36. The molecule has 2 aromatic rings. The number of anilines is 1. The zero-order valence-electron chi connectivity index (χ0n) is 21.0. The quantitative estimate of drug-likeness (QED) is 0.518. The Kier molecular flexibility index (Phi) is 6.24. The topological polar surface area (TPSA) is 107 Å². The summed E-state index contributed by atoms with van der Waals surface area (Å²) in [6.45, 7) is 4.22. The van der Waals surface area contributed by atoms with Crippen LogP contribution >= 0.6 is 11.3 Å². The van der Waals surface area contributed by atoms with Gasteiger partial charge in [0.25, 0.3) is 11.8 Å². The number of carbonyl (C=O) groups excluding carboxylic acids is 2. The highest BCUT2D eigenvalue weighted by atomic mass is 32.1. The second-order valence-corrected chi connectivity index (χ2v) is 12.2. The summed E-state index contributed by atoms with van der Waals surface area (Å²) in [5.74, 6) is 1.22. The normalized spacial score (nSPS) is 27.9. The number of nitrogens with zero attached hydrogens (tertiary/aromatic N) is 3. The van der Waals surface area contributed by atoms with Crippen molar-refractivity contribution >= 4 is 29.0 Å². The van der Waals surface area contributed by atoms with Gasteiger partial charge >= 0.3 is 0 Å². The van der Waals surface area contributed by atoms with E-state index in [4.69, 9.17) is 0 Å². The Bertz CT molecular complexity index is 1160. The molecule has 0 radical (unpaired) electrons. The molecule has 2 saturated heterocycles. The Morgan fingerprint density at radius 3 is 2.44 bits per heavy atom. The molecule has 2 bridgehead atoms. The summed E-state index contributed by atoms with van der Waals surface area (Å²) >= 11 is 1.27. The van der Waals surface area contributed by atoms with Crippen molar-refractivity contribution in [2.24, 2.45) is 5.92 Å². The predicted octanol–water partition coefficient (Wildman–Crippen LogP) is 4.13. The van der Waals surface area contributed by atoms with E-state index in [1.807, 2.05) is 24.1 Å². The molecule has 6 rings (SSSR count). The smallest absolute Gasteiger partial charge is 0.280 e. The van der Waals surface area contributed by atoms with Gasteiger partial charge in [-0.2, -0.15) is 0 Å². The number of aromatic nitrogens is 2. The van der Waals surface area contributed by atoms with Gasteiger partial charge in [0.15, 0.2) is 5.01 Å². The van der Waals surface area contributed by atoms with Crippen molar-refractivity contribution in [2.45, 2.75) is 102 Å². The first kappa shape index (κ1) is 23.9. The highest BCUT2D eigenvalue weighted by Gasteiger charge is 2.44. The molecule has 192 valence electrons. The van der Waals surface area contributed by atoms with Crippen LogP contribution in [0.2, 0.25) is 0 Å². The monoisotopic (exact) mass is 509 g/mol. The fraction of sp³-hybridized carbons (Fsp3) is 0.630. The van der Waals surface area contributed by atoms with Crippen molar-refractivity contribution in [3.05, 3.63) is 28.5 Å². The number of carbonyl (C=O) groups is 2. The molecule has 4 fully saturated rings. The fourth-order valence-corrected chi connectivity index (χ4v) is 7.30. The van der Waals surface area contributed by atoms with Crippen LogP contribution in [0, 0.1) is 12.8 Å². The lowest BCUT2D eigenvalue weighted by molar-refractivity contribution is 0.0725. The van der Waals surface area contributed by atoms with Crippen LogP contribution in [0.15, 0.2) is 12.3 Å². The molecule has 9 heteroatoms. The lowest BCUT2D eigenvalue weighted by Gasteiger charge is -2.21. The Balaban J connectivity index is 1.31. The Morgan fingerprint density at radius 2 is 1.83 bits per heavy atom. The SMILES string of the molecule is Cc1cc(N[C@H](C)C2CC2)ncc1-c1sc(C(=O)N[C@@H]2CC[C@@H](O)C2)nc1C(=O)N1C2CCC1CC2. The van der Waals surface area contributed by atoms with Crippen LogP contribution < -0.4 is 10.6 Å². The molecule has 4 heterocycles. The number of aryl methyl sites for hydroxylation is 1. The summed E-state index contributed by atoms with van der Waals surface area (Å²) in [6.07, 6.45) is 10.2. The minimum absolute atomic E-state index is 0.0596. The third-order valence-electron chi connectivity index (χ3n) is 8.51. The van der Waals surface area contributed by atoms with E-state index in [0.717, 1.165) is 59.8 Å². The molecule has 2 saturated carbocycles. The molecule has 36 heavy (non-hydrogen) atoms. The van der Waals surface area contributed by atoms with Gasteiger partial charge in [-0.05, 0) is 89.2 Å². The third kappa shape index (κ3) is 4.52. The minimum atomic E-state index is -0.367. The molecule has 2 aliphatic carbocycles. The minimum Gasteiger partial charge on any atom is -0.393 e. The van der Waals surface area contributed by atoms with Crippen LogP contribution in [-0.4, -0.2) is 62.1 Å². The van der Waals surface area contributed by atoms with Crippen molar-refractivity contribution in [3.8, 4) is 10.4 Å². The molecule has 0 unspecified atom stereocenters. The van der Waals surface area contributed by atoms with E-state index in [1.165, 1.54) is 24.2 Å². The maximum Gasteiger partial charge on any atom is 0.280 e. The maximum atomic E-state index is 13.8. The second-order valence-electron chi connectivity index (χ2n) is 11.2. The van der Waals surface area contributed by atoms with E-state index in [9.17, 15) is 14.7 Å². The Morgan fingerprint density at radius 1 is 1.11 bits per heavy atom. The van der Waals surface area contributed by atoms with Gasteiger partial charge in [-0.3, -0.25) is 9.59 Å². The predicted molar refractivity (Wildman–Crippen MR) is 139 cm³/mol. The van der Waals surface area contributed by atoms with Crippen LogP contribution in [0.3, 0.4) is 0 Å². The van der Waals surface area contributed by atoms with Crippen LogP contribution in [0.1, 0.15) is 90.6 Å². The first-order valence-electron chi connectivity index (χ1n) is 13.4. The number of hydrogen-bond acceptors (Lipinski definition) is 7. The number of amides is 2. The molecule has 0 spiro atoms. The van der Waals surface area contributed by atoms with E-state index in [-0.39, 0.29) is 36.0 Å². The number of nitrogens with one attached hydrogen (secondary N) is 2. The average Bonchev–Trinajstić information content (AvgIpc) is 3.16. The molecule has 8 nitrogen and oxygen atoms in total. The van der Waals surface area contributed by atoms with Crippen LogP contribution in [-0.2, 0) is 0 Å². The Hall–Kier alpha value is -2.52. The van der Waals surface area contributed by atoms with Gasteiger partial charge in [-0.1, -0.05) is 0 Å². The summed E-state index contributed by atoms with van der Waals surface area (Å²) in [7, 11) is 0. The van der Waals surface area contributed by atoms with Gasteiger partial charge in [-0.15, -0.1) is 11.3 Å². The number of aliphatic hydroxyl groups excluding tert-OH is 1. The highest BCUT2D eigenvalue weighted by molar-refractivity contribution is 7.17. The maximum absolute atomic E-state index is 13.8. The van der Waals surface area contributed by atoms with Gasteiger partial charge in [0, 0.05) is 35.9 Å². The zero-order chi connectivity index (χ0) is 25.0. The molecule has 3 N–H and O–H groups in total. The molecule has 2 aliphatic heterocycles. The fourth-order valence-electron chi connectivity index (χ4n) is 6.27. The Labute approximate surface area is 215 Å². The van der Waals surface area contributed by atoms with Gasteiger partial charge in [0.2, 0.25) is 0 Å². The highest BCUT2D eigenvalue weighted by Crippen LogP contribution is 2.41. The molecule has 3 atom stereocenters. The van der Waals surface area contributed by atoms with Crippen LogP contribution in [0.5, 0.6) is 0 Å². The summed E-state index contributed by atoms with van der Waals surface area (Å²) in [5, 5.41) is 16.7. The van der Waals surface area contributed by atoms with Crippen LogP contribution in [0.4, 0.5) is 5.82 Å². The molecule has 2 amide bonds. The van der Waals surface area contributed by atoms with E-state index >= 15 is 0 Å². The average molecular weight is 510 g/mol. The summed E-state index contributed by atoms with van der Waals surface area (Å²) < 4.78 is 0. The van der Waals surface area contributed by atoms with Gasteiger partial charge in [0.1, 0.15) is 11.5 Å². The number of rotatable bonds is 7. The van der Waals surface area contributed by atoms with Crippen molar-refractivity contribution < 1.29 is 14.7 Å². The van der Waals surface area contributed by atoms with Gasteiger partial charge in [-0.25, -0.2) is 9.97 Å². The van der Waals surface area contributed by atoms with Crippen LogP contribution in [0.25, 0.3) is 10.4 Å². The largest absolute Gasteiger partial charge is 0.393 e. The molecule has 2 aromatic heterocycles. The standard InChI is InChI=1S/C27H35N5O3S/c1-14-11-22(29-15(2)16-3-4-16)28-13-21(14)24-23(27(35)32-18-6-7-19(32)9-8-18)31-26(36-24)25(34)30-17-5-10-20(33)12-17/h11,13,15-20,33H,3-10,12H2,1-2H3,(H,28,29)(H,30,34)/t15-,17-,18?,19?,20-/m1/s1. The van der Waals surface area contributed by atoms with E-state index in [1.54, 1.807) is 0 Å². The molecule has 0 aromatic carbocycles. The third-order valence-corrected chi connectivity index (χ3v) is 9.60. The van der Waals surface area contributed by atoms with Gasteiger partial charge < -0.3 is 20.6 Å². The molecular weight excluding hydrogens is 474 g/mol. The number of aliphatic hydroxyl groups is 1. The number of pyridine rings is 1. The number of hydrogen-bond donors (Lipinski definition) is 3. The summed E-state index contributed by atoms with van der Waals surface area (Å²) in [4.78, 5) is 39.0. The van der Waals surface area contributed by atoms with E-state index < -0.39 is 0 Å². The first-order valence-corrected chi connectivity index (χ1v) is 14.2. The summed E-state index contributed by atoms with van der Waals surface area (Å²) in [6, 6.07) is 2.92. The summed E-state index contributed by atoms with van der Waals surface area (Å²) in [5.41, 5.74) is 2.22. The van der Waals surface area contributed by atoms with E-state index in [0.29, 0.717) is 29.6 Å². The lowest BCUT2D eigenvalue weighted by atomic mass is 10.0. The number of fused-ring (bicyclic) bond motifs is 2. The van der Waals surface area contributed by atoms with Gasteiger partial charge in [0.05, 0.1) is 11.0 Å².